The van der Waals surface area contributed by atoms with Crippen molar-refractivity contribution in [2.75, 3.05) is 52.3 Å². The summed E-state index contributed by atoms with van der Waals surface area (Å²) in [4.78, 5) is 16.3. The van der Waals surface area contributed by atoms with E-state index in [1.54, 1.807) is 14.2 Å². The number of ether oxygens (including phenoxy) is 2. The lowest BCUT2D eigenvalue weighted by Crippen LogP contribution is -2.44. The summed E-state index contributed by atoms with van der Waals surface area (Å²) in [5, 5.41) is 0. The lowest BCUT2D eigenvalue weighted by Gasteiger charge is -2.34. The summed E-state index contributed by atoms with van der Waals surface area (Å²) in [5.41, 5.74) is 3.42. The van der Waals surface area contributed by atoms with Crippen LogP contribution in [0.5, 0.6) is 17.2 Å². The van der Waals surface area contributed by atoms with Gasteiger partial charge in [0, 0.05) is 43.2 Å². The molecular formula is C28H34N2O4S. The lowest BCUT2D eigenvalue weighted by atomic mass is 10.1. The van der Waals surface area contributed by atoms with E-state index in [-0.39, 0.29) is 0 Å². The predicted molar refractivity (Wildman–Crippen MR) is 143 cm³/mol. The SMILES string of the molecule is COc1cc(CC=O)ccc1OSc1ccc(C)cc1.COc1ccc(N2CCN(C)CC2)cc1. The van der Waals surface area contributed by atoms with Crippen LogP contribution in [-0.2, 0) is 11.2 Å². The summed E-state index contributed by atoms with van der Waals surface area (Å²) in [6.07, 6.45) is 1.25. The number of likely N-dealkylation sites (N-methyl/N-ethyl adjacent to an activating group) is 1. The van der Waals surface area contributed by atoms with Gasteiger partial charge in [-0.3, -0.25) is 0 Å². The first-order chi connectivity index (χ1) is 17.0. The summed E-state index contributed by atoms with van der Waals surface area (Å²) in [6.45, 7) is 6.56. The Kier molecular flexibility index (Phi) is 10.3. The van der Waals surface area contributed by atoms with Crippen molar-refractivity contribution >= 4 is 24.0 Å². The zero-order chi connectivity index (χ0) is 25.0. The van der Waals surface area contributed by atoms with Gasteiger partial charge in [-0.25, -0.2) is 0 Å². The van der Waals surface area contributed by atoms with Gasteiger partial charge in [0.15, 0.2) is 11.5 Å². The summed E-state index contributed by atoms with van der Waals surface area (Å²) in [5.74, 6) is 2.20. The molecule has 7 heteroatoms. The quantitative estimate of drug-likeness (QED) is 0.312. The second-order valence-electron chi connectivity index (χ2n) is 8.32. The fraction of sp³-hybridized carbons (Fsp3) is 0.321. The number of benzene rings is 3. The Bertz CT molecular complexity index is 1050. The fourth-order valence-corrected chi connectivity index (χ4v) is 4.12. The number of nitrogens with zero attached hydrogens (tertiary/aromatic N) is 2. The molecule has 3 aromatic carbocycles. The van der Waals surface area contributed by atoms with E-state index >= 15 is 0 Å². The molecule has 0 N–H and O–H groups in total. The van der Waals surface area contributed by atoms with Crippen molar-refractivity contribution < 1.29 is 18.5 Å². The zero-order valence-electron chi connectivity index (χ0n) is 20.9. The molecule has 3 aromatic rings. The topological polar surface area (TPSA) is 51.2 Å². The lowest BCUT2D eigenvalue weighted by molar-refractivity contribution is -0.107. The van der Waals surface area contributed by atoms with Crippen LogP contribution in [0.2, 0.25) is 0 Å². The molecular weight excluding hydrogens is 460 g/mol. The van der Waals surface area contributed by atoms with E-state index in [1.165, 1.54) is 23.3 Å². The molecule has 1 aliphatic heterocycles. The molecule has 1 aliphatic rings. The summed E-state index contributed by atoms with van der Waals surface area (Å²) in [6, 6.07) is 21.9. The summed E-state index contributed by atoms with van der Waals surface area (Å²) >= 11 is 1.28. The van der Waals surface area contributed by atoms with Gasteiger partial charge < -0.3 is 28.3 Å². The maximum atomic E-state index is 10.5. The first-order valence-corrected chi connectivity index (χ1v) is 12.4. The molecule has 1 saturated heterocycles. The number of piperazine rings is 1. The second-order valence-corrected chi connectivity index (χ2v) is 9.13. The molecule has 0 aliphatic carbocycles. The average molecular weight is 495 g/mol. The van der Waals surface area contributed by atoms with E-state index < -0.39 is 0 Å². The summed E-state index contributed by atoms with van der Waals surface area (Å²) < 4.78 is 16.1. The van der Waals surface area contributed by atoms with Crippen LogP contribution < -0.4 is 18.6 Å². The minimum Gasteiger partial charge on any atom is -0.497 e. The highest BCUT2D eigenvalue weighted by Crippen LogP contribution is 2.33. The van der Waals surface area contributed by atoms with Crippen molar-refractivity contribution in [1.82, 2.24) is 4.90 Å². The van der Waals surface area contributed by atoms with Crippen LogP contribution >= 0.6 is 12.0 Å². The third-order valence-corrected chi connectivity index (χ3v) is 6.46. The summed E-state index contributed by atoms with van der Waals surface area (Å²) in [7, 11) is 5.46. The fourth-order valence-electron chi connectivity index (χ4n) is 3.55. The van der Waals surface area contributed by atoms with Crippen molar-refractivity contribution in [3.8, 4) is 17.2 Å². The van der Waals surface area contributed by atoms with Gasteiger partial charge in [0.2, 0.25) is 0 Å². The largest absolute Gasteiger partial charge is 0.497 e. The standard InChI is InChI=1S/C16H16O3S.C12H18N2O/c1-12-3-6-14(7-4-12)20-19-15-8-5-13(9-10-17)11-16(15)18-2;1-13-7-9-14(10-8-13)11-3-5-12(15-2)6-4-11/h3-8,10-11H,9H2,1-2H3;3-6H,7-10H2,1-2H3. The number of methoxy groups -OCH3 is 2. The highest BCUT2D eigenvalue weighted by atomic mass is 32.2. The minimum absolute atomic E-state index is 0.377. The molecule has 0 unspecified atom stereocenters. The molecule has 0 spiro atoms. The number of hydrogen-bond donors (Lipinski definition) is 0. The van der Waals surface area contributed by atoms with E-state index in [1.807, 2.05) is 61.5 Å². The molecule has 1 fully saturated rings. The normalized spacial score (nSPS) is 13.4. The van der Waals surface area contributed by atoms with Gasteiger partial charge in [0.05, 0.1) is 26.3 Å². The first kappa shape index (κ1) is 26.4. The molecule has 186 valence electrons. The highest BCUT2D eigenvalue weighted by molar-refractivity contribution is 7.95. The van der Waals surface area contributed by atoms with Gasteiger partial charge >= 0.3 is 0 Å². The van der Waals surface area contributed by atoms with Gasteiger partial charge in [0.25, 0.3) is 0 Å². The highest BCUT2D eigenvalue weighted by Gasteiger charge is 2.13. The Morgan fingerprint density at radius 3 is 2.14 bits per heavy atom. The smallest absolute Gasteiger partial charge is 0.179 e. The van der Waals surface area contributed by atoms with Crippen molar-refractivity contribution in [2.24, 2.45) is 0 Å². The van der Waals surface area contributed by atoms with Crippen molar-refractivity contribution in [3.63, 3.8) is 0 Å². The molecule has 0 saturated carbocycles. The number of aryl methyl sites for hydroxylation is 1. The molecule has 0 atom stereocenters. The number of carbonyl (C=O) groups is 1. The first-order valence-electron chi connectivity index (χ1n) is 11.6. The molecule has 35 heavy (non-hydrogen) atoms. The second kappa shape index (κ2) is 13.7. The van der Waals surface area contributed by atoms with Crippen LogP contribution in [0, 0.1) is 6.92 Å². The van der Waals surface area contributed by atoms with Crippen LogP contribution in [0.4, 0.5) is 5.69 Å². The Morgan fingerprint density at radius 1 is 0.857 bits per heavy atom. The molecule has 0 amide bonds. The van der Waals surface area contributed by atoms with Gasteiger partial charge in [-0.15, -0.1) is 0 Å². The Morgan fingerprint density at radius 2 is 1.54 bits per heavy atom. The van der Waals surface area contributed by atoms with E-state index in [9.17, 15) is 4.79 Å². The van der Waals surface area contributed by atoms with Crippen molar-refractivity contribution in [1.29, 1.82) is 0 Å². The molecule has 0 bridgehead atoms. The van der Waals surface area contributed by atoms with E-state index in [4.69, 9.17) is 13.7 Å². The van der Waals surface area contributed by atoms with E-state index in [2.05, 4.69) is 29.0 Å². The number of anilines is 1. The Balaban J connectivity index is 0.000000203. The third kappa shape index (κ3) is 8.23. The maximum absolute atomic E-state index is 10.5. The maximum Gasteiger partial charge on any atom is 0.179 e. The van der Waals surface area contributed by atoms with Crippen LogP contribution in [0.15, 0.2) is 71.6 Å². The monoisotopic (exact) mass is 494 g/mol. The predicted octanol–water partition coefficient (Wildman–Crippen LogP) is 5.28. The van der Waals surface area contributed by atoms with Crippen LogP contribution in [0.25, 0.3) is 0 Å². The number of rotatable bonds is 8. The van der Waals surface area contributed by atoms with Crippen LogP contribution in [0.3, 0.4) is 0 Å². The van der Waals surface area contributed by atoms with Crippen LogP contribution in [-0.4, -0.2) is 58.6 Å². The zero-order valence-corrected chi connectivity index (χ0v) is 21.7. The van der Waals surface area contributed by atoms with Gasteiger partial charge in [-0.05, 0) is 68.1 Å². The Hall–Kier alpha value is -3.16. The number of aldehydes is 1. The molecule has 0 radical (unpaired) electrons. The van der Waals surface area contributed by atoms with Crippen molar-refractivity contribution in [3.05, 3.63) is 77.9 Å². The third-order valence-electron chi connectivity index (χ3n) is 5.74. The average Bonchev–Trinajstić information content (AvgIpc) is 2.90. The van der Waals surface area contributed by atoms with Gasteiger partial charge in [-0.1, -0.05) is 23.8 Å². The van der Waals surface area contributed by atoms with E-state index in [0.717, 1.165) is 48.7 Å². The minimum atomic E-state index is 0.377. The molecule has 0 aromatic heterocycles. The number of hydrogen-bond acceptors (Lipinski definition) is 7. The Labute approximate surface area is 213 Å². The van der Waals surface area contributed by atoms with E-state index in [0.29, 0.717) is 17.9 Å². The van der Waals surface area contributed by atoms with Crippen LogP contribution in [0.1, 0.15) is 11.1 Å². The molecule has 6 nitrogen and oxygen atoms in total. The van der Waals surface area contributed by atoms with Gasteiger partial charge in [0.1, 0.15) is 12.0 Å². The molecule has 1 heterocycles. The van der Waals surface area contributed by atoms with Gasteiger partial charge in [-0.2, -0.15) is 0 Å². The number of carbonyl (C=O) groups excluding carboxylic acids is 1. The van der Waals surface area contributed by atoms with Crippen molar-refractivity contribution in [2.45, 2.75) is 18.2 Å². The molecule has 4 rings (SSSR count).